The van der Waals surface area contributed by atoms with Crippen LogP contribution >= 0.6 is 11.6 Å². The molecule has 6 nitrogen and oxygen atoms in total. The first-order chi connectivity index (χ1) is 8.47. The maximum atomic E-state index is 11.9. The van der Waals surface area contributed by atoms with Crippen LogP contribution < -0.4 is 4.72 Å². The molecule has 0 aliphatic rings. The van der Waals surface area contributed by atoms with Gasteiger partial charge in [-0.2, -0.15) is 5.10 Å². The summed E-state index contributed by atoms with van der Waals surface area (Å²) in [4.78, 5) is 3.80. The number of aryl methyl sites for hydroxylation is 1. The lowest BCUT2D eigenvalue weighted by atomic mass is 10.4. The summed E-state index contributed by atoms with van der Waals surface area (Å²) in [7, 11) is -1.82. The van der Waals surface area contributed by atoms with Gasteiger partial charge in [-0.05, 0) is 18.2 Å². The smallest absolute Gasteiger partial charge is 0.242 e. The molecule has 2 heterocycles. The quantitative estimate of drug-likeness (QED) is 0.849. The summed E-state index contributed by atoms with van der Waals surface area (Å²) >= 11 is 5.60. The van der Waals surface area contributed by atoms with Crippen LogP contribution in [0.3, 0.4) is 0 Å². The summed E-state index contributed by atoms with van der Waals surface area (Å²) in [6.45, 7) is 0.131. The normalized spacial score (nSPS) is 11.7. The zero-order valence-corrected chi connectivity index (χ0v) is 11.1. The first-order valence-corrected chi connectivity index (χ1v) is 6.93. The van der Waals surface area contributed by atoms with E-state index in [1.807, 2.05) is 0 Å². The van der Waals surface area contributed by atoms with Crippen molar-refractivity contribution in [1.82, 2.24) is 19.5 Å². The van der Waals surface area contributed by atoms with Crippen molar-refractivity contribution in [3.8, 4) is 0 Å². The zero-order valence-electron chi connectivity index (χ0n) is 9.54. The molecule has 0 radical (unpaired) electrons. The van der Waals surface area contributed by atoms with Crippen molar-refractivity contribution in [2.24, 2.45) is 7.05 Å². The number of sulfonamides is 1. The number of aromatic nitrogens is 3. The van der Waals surface area contributed by atoms with Gasteiger partial charge in [-0.1, -0.05) is 11.6 Å². The van der Waals surface area contributed by atoms with E-state index in [-0.39, 0.29) is 16.6 Å². The number of nitrogens with zero attached hydrogens (tertiary/aromatic N) is 3. The number of hydrogen-bond acceptors (Lipinski definition) is 4. The van der Waals surface area contributed by atoms with Crippen molar-refractivity contribution in [3.05, 3.63) is 41.4 Å². The molecular weight excluding hydrogens is 276 g/mol. The van der Waals surface area contributed by atoms with Gasteiger partial charge in [0, 0.05) is 19.4 Å². The first kappa shape index (κ1) is 13.0. The summed E-state index contributed by atoms with van der Waals surface area (Å²) in [5.74, 6) is 0. The summed E-state index contributed by atoms with van der Waals surface area (Å²) in [5.41, 5.74) is 0.642. The van der Waals surface area contributed by atoms with E-state index in [1.54, 1.807) is 24.0 Å². The van der Waals surface area contributed by atoms with Gasteiger partial charge in [0.25, 0.3) is 0 Å². The maximum absolute atomic E-state index is 11.9. The fourth-order valence-corrected chi connectivity index (χ4v) is 2.39. The summed E-state index contributed by atoms with van der Waals surface area (Å²) < 4.78 is 27.8. The predicted molar refractivity (Wildman–Crippen MR) is 66.5 cm³/mol. The Balaban J connectivity index is 2.10. The monoisotopic (exact) mass is 286 g/mol. The number of nitrogens with one attached hydrogen (secondary N) is 1. The molecule has 0 fully saturated rings. The van der Waals surface area contributed by atoms with Crippen LogP contribution in [0.4, 0.5) is 0 Å². The SMILES string of the molecule is Cn1ccc(CNS(=O)(=O)c2ccc(Cl)nc2)n1. The number of rotatable bonds is 4. The van der Waals surface area contributed by atoms with Crippen LogP contribution in [0, 0.1) is 0 Å². The lowest BCUT2D eigenvalue weighted by Gasteiger charge is -2.04. The Hall–Kier alpha value is -1.44. The molecule has 96 valence electrons. The Labute approximate surface area is 110 Å². The van der Waals surface area contributed by atoms with Crippen molar-refractivity contribution in [2.75, 3.05) is 0 Å². The molecule has 2 aromatic rings. The second-order valence-corrected chi connectivity index (χ2v) is 5.78. The van der Waals surface area contributed by atoms with Gasteiger partial charge in [-0.15, -0.1) is 0 Å². The van der Waals surface area contributed by atoms with E-state index in [4.69, 9.17) is 11.6 Å². The summed E-state index contributed by atoms with van der Waals surface area (Å²) in [6.07, 6.45) is 2.95. The minimum absolute atomic E-state index is 0.0721. The molecular formula is C10H11ClN4O2S. The first-order valence-electron chi connectivity index (χ1n) is 5.07. The van der Waals surface area contributed by atoms with Gasteiger partial charge in [0.15, 0.2) is 0 Å². The standard InChI is InChI=1S/C10H11ClN4O2S/c1-15-5-4-8(14-15)6-13-18(16,17)9-2-3-10(11)12-7-9/h2-5,7,13H,6H2,1H3. The van der Waals surface area contributed by atoms with Gasteiger partial charge in [-0.25, -0.2) is 18.1 Å². The Bertz CT molecular complexity index is 636. The molecule has 2 rings (SSSR count). The highest BCUT2D eigenvalue weighted by Crippen LogP contribution is 2.11. The molecule has 0 saturated carbocycles. The van der Waals surface area contributed by atoms with Gasteiger partial charge in [0.05, 0.1) is 12.2 Å². The Morgan fingerprint density at radius 3 is 2.72 bits per heavy atom. The van der Waals surface area contributed by atoms with Gasteiger partial charge in [0.1, 0.15) is 10.0 Å². The van der Waals surface area contributed by atoms with E-state index < -0.39 is 10.0 Å². The molecule has 2 aromatic heterocycles. The molecule has 0 bridgehead atoms. The van der Waals surface area contributed by atoms with Crippen molar-refractivity contribution < 1.29 is 8.42 Å². The molecule has 0 unspecified atom stereocenters. The fraction of sp³-hybridized carbons (Fsp3) is 0.200. The Morgan fingerprint density at radius 2 is 2.17 bits per heavy atom. The average Bonchev–Trinajstić information content (AvgIpc) is 2.73. The van der Waals surface area contributed by atoms with E-state index in [2.05, 4.69) is 14.8 Å². The van der Waals surface area contributed by atoms with Crippen LogP contribution in [0.2, 0.25) is 5.15 Å². The largest absolute Gasteiger partial charge is 0.276 e. The molecule has 18 heavy (non-hydrogen) atoms. The van der Waals surface area contributed by atoms with Crippen LogP contribution in [-0.2, 0) is 23.6 Å². The fourth-order valence-electron chi connectivity index (χ4n) is 1.33. The molecule has 0 spiro atoms. The van der Waals surface area contributed by atoms with Crippen LogP contribution in [0.1, 0.15) is 5.69 Å². The van der Waals surface area contributed by atoms with E-state index in [9.17, 15) is 8.42 Å². The molecule has 0 aliphatic heterocycles. The third-order valence-electron chi connectivity index (χ3n) is 2.22. The Morgan fingerprint density at radius 1 is 1.39 bits per heavy atom. The van der Waals surface area contributed by atoms with Crippen molar-refractivity contribution in [2.45, 2.75) is 11.4 Å². The van der Waals surface area contributed by atoms with Crippen molar-refractivity contribution in [1.29, 1.82) is 0 Å². The van der Waals surface area contributed by atoms with Crippen molar-refractivity contribution >= 4 is 21.6 Å². The second-order valence-electron chi connectivity index (χ2n) is 3.62. The topological polar surface area (TPSA) is 76.9 Å². The van der Waals surface area contributed by atoms with Gasteiger partial charge in [0.2, 0.25) is 10.0 Å². The van der Waals surface area contributed by atoms with Gasteiger partial charge >= 0.3 is 0 Å². The third-order valence-corrected chi connectivity index (χ3v) is 3.83. The second kappa shape index (κ2) is 5.05. The highest BCUT2D eigenvalue weighted by Gasteiger charge is 2.14. The van der Waals surface area contributed by atoms with Crippen molar-refractivity contribution in [3.63, 3.8) is 0 Å². The molecule has 1 N–H and O–H groups in total. The van der Waals surface area contributed by atoms with E-state index in [1.165, 1.54) is 18.3 Å². The predicted octanol–water partition coefficient (Wildman–Crippen LogP) is 0.947. The van der Waals surface area contributed by atoms with Gasteiger partial charge < -0.3 is 0 Å². The van der Waals surface area contributed by atoms with Crippen LogP contribution in [0.25, 0.3) is 0 Å². The molecule has 8 heteroatoms. The van der Waals surface area contributed by atoms with Gasteiger partial charge in [-0.3, -0.25) is 4.68 Å². The molecule has 0 atom stereocenters. The highest BCUT2D eigenvalue weighted by atomic mass is 35.5. The van der Waals surface area contributed by atoms with E-state index in [0.29, 0.717) is 5.69 Å². The minimum Gasteiger partial charge on any atom is -0.276 e. The number of halogens is 1. The third kappa shape index (κ3) is 3.06. The number of hydrogen-bond donors (Lipinski definition) is 1. The molecule has 0 saturated heterocycles. The zero-order chi connectivity index (χ0) is 13.2. The lowest BCUT2D eigenvalue weighted by molar-refractivity contribution is 0.579. The Kier molecular flexibility index (Phi) is 3.65. The van der Waals surface area contributed by atoms with E-state index >= 15 is 0 Å². The molecule has 0 aliphatic carbocycles. The van der Waals surface area contributed by atoms with Crippen LogP contribution in [-0.4, -0.2) is 23.2 Å². The van der Waals surface area contributed by atoms with E-state index in [0.717, 1.165) is 0 Å². The van der Waals surface area contributed by atoms with Crippen LogP contribution in [0.15, 0.2) is 35.5 Å². The molecule has 0 aromatic carbocycles. The lowest BCUT2D eigenvalue weighted by Crippen LogP contribution is -2.23. The van der Waals surface area contributed by atoms with Crippen LogP contribution in [0.5, 0.6) is 0 Å². The molecule has 0 amide bonds. The summed E-state index contributed by atoms with van der Waals surface area (Å²) in [5, 5.41) is 4.32. The minimum atomic E-state index is -3.59. The average molecular weight is 287 g/mol. The summed E-state index contributed by atoms with van der Waals surface area (Å²) in [6, 6.07) is 4.57. The number of pyridine rings is 1. The highest BCUT2D eigenvalue weighted by molar-refractivity contribution is 7.89. The maximum Gasteiger partial charge on any atom is 0.242 e.